The number of hydrogen-bond acceptors (Lipinski definition) is 5. The largest absolute Gasteiger partial charge is 0.373 e. The molecular formula is C15H23N3O2S. The maximum atomic E-state index is 12.3. The molecule has 116 valence electrons. The third-order valence-electron chi connectivity index (χ3n) is 4.93. The second-order valence-electron chi connectivity index (χ2n) is 6.09. The van der Waals surface area contributed by atoms with E-state index in [1.807, 2.05) is 10.3 Å². The Bertz CT molecular complexity index is 483. The molecule has 0 aromatic carbocycles. The third kappa shape index (κ3) is 2.98. The molecule has 2 fully saturated rings. The first-order valence-corrected chi connectivity index (χ1v) is 8.59. The van der Waals surface area contributed by atoms with Crippen LogP contribution in [0.5, 0.6) is 0 Å². The van der Waals surface area contributed by atoms with Crippen LogP contribution >= 0.6 is 11.3 Å². The lowest BCUT2D eigenvalue weighted by Crippen LogP contribution is -2.47. The molecule has 0 bridgehead atoms. The summed E-state index contributed by atoms with van der Waals surface area (Å²) >= 11 is 1.47. The molecule has 6 heteroatoms. The molecule has 5 nitrogen and oxygen atoms in total. The number of hydrogen-bond donors (Lipinski definition) is 0. The van der Waals surface area contributed by atoms with E-state index >= 15 is 0 Å². The average molecular weight is 309 g/mol. The summed E-state index contributed by atoms with van der Waals surface area (Å²) in [6.45, 7) is 5.61. The Hall–Kier alpha value is -0.980. The highest BCUT2D eigenvalue weighted by atomic mass is 32.1. The zero-order chi connectivity index (χ0) is 14.9. The highest BCUT2D eigenvalue weighted by molar-refractivity contribution is 7.07. The van der Waals surface area contributed by atoms with Gasteiger partial charge in [-0.25, -0.2) is 4.98 Å². The summed E-state index contributed by atoms with van der Waals surface area (Å²) in [5, 5.41) is 1.82. The quantitative estimate of drug-likeness (QED) is 0.855. The lowest BCUT2D eigenvalue weighted by Gasteiger charge is -2.38. The van der Waals surface area contributed by atoms with Crippen molar-refractivity contribution in [1.82, 2.24) is 14.8 Å². The number of ether oxygens (including phenoxy) is 1. The van der Waals surface area contributed by atoms with E-state index in [1.54, 1.807) is 5.51 Å². The first-order valence-electron chi connectivity index (χ1n) is 7.65. The van der Waals surface area contributed by atoms with E-state index in [9.17, 15) is 4.79 Å². The second kappa shape index (κ2) is 6.02. The van der Waals surface area contributed by atoms with E-state index < -0.39 is 0 Å². The smallest absolute Gasteiger partial charge is 0.273 e. The zero-order valence-corrected chi connectivity index (χ0v) is 13.6. The summed E-state index contributed by atoms with van der Waals surface area (Å²) in [6.07, 6.45) is 2.98. The Morgan fingerprint density at radius 1 is 1.57 bits per heavy atom. The number of likely N-dealkylation sites (N-methyl/N-ethyl adjacent to an activating group) is 1. The van der Waals surface area contributed by atoms with E-state index in [2.05, 4.69) is 23.9 Å². The number of carbonyl (C=O) groups excluding carboxylic acids is 1. The minimum atomic E-state index is -0.00699. The van der Waals surface area contributed by atoms with Crippen molar-refractivity contribution in [2.75, 3.05) is 33.3 Å². The molecule has 1 amide bonds. The molecule has 21 heavy (non-hydrogen) atoms. The lowest BCUT2D eigenvalue weighted by molar-refractivity contribution is -0.0393. The van der Waals surface area contributed by atoms with E-state index in [4.69, 9.17) is 4.74 Å². The molecule has 1 atom stereocenters. The Kier molecular flexibility index (Phi) is 4.28. The van der Waals surface area contributed by atoms with Crippen LogP contribution in [0, 0.1) is 0 Å². The van der Waals surface area contributed by atoms with Crippen LogP contribution < -0.4 is 0 Å². The van der Waals surface area contributed by atoms with Crippen LogP contribution in [0.25, 0.3) is 0 Å². The number of nitrogens with zero attached hydrogens (tertiary/aromatic N) is 3. The number of amides is 1. The molecule has 0 saturated carbocycles. The minimum absolute atomic E-state index is 0.00699. The molecule has 0 radical (unpaired) electrons. The van der Waals surface area contributed by atoms with Crippen LogP contribution in [0.1, 0.15) is 36.7 Å². The topological polar surface area (TPSA) is 45.7 Å². The average Bonchev–Trinajstić information content (AvgIpc) is 3.17. The molecule has 1 unspecified atom stereocenters. The van der Waals surface area contributed by atoms with Crippen LogP contribution in [0.4, 0.5) is 0 Å². The summed E-state index contributed by atoms with van der Waals surface area (Å²) in [5.41, 5.74) is 2.28. The summed E-state index contributed by atoms with van der Waals surface area (Å²) in [7, 11) is 2.16. The van der Waals surface area contributed by atoms with Crippen molar-refractivity contribution in [2.45, 2.75) is 37.8 Å². The zero-order valence-electron chi connectivity index (χ0n) is 12.7. The summed E-state index contributed by atoms with van der Waals surface area (Å²) in [4.78, 5) is 20.7. The SMILES string of the molecule is CCN(C)C1COC2(CCN(C(=O)c3cscn3)CC2)C1. The maximum Gasteiger partial charge on any atom is 0.273 e. The molecule has 3 heterocycles. The number of rotatable bonds is 3. The monoisotopic (exact) mass is 309 g/mol. The molecule has 2 saturated heterocycles. The van der Waals surface area contributed by atoms with E-state index in [0.29, 0.717) is 11.7 Å². The Balaban J connectivity index is 1.57. The fraction of sp³-hybridized carbons (Fsp3) is 0.733. The fourth-order valence-corrected chi connectivity index (χ4v) is 3.83. The molecule has 1 aromatic rings. The fourth-order valence-electron chi connectivity index (χ4n) is 3.31. The third-order valence-corrected chi connectivity index (χ3v) is 5.51. The van der Waals surface area contributed by atoms with Crippen molar-refractivity contribution in [2.24, 2.45) is 0 Å². The van der Waals surface area contributed by atoms with Gasteiger partial charge in [0.15, 0.2) is 0 Å². The van der Waals surface area contributed by atoms with Crippen LogP contribution in [-0.2, 0) is 4.74 Å². The van der Waals surface area contributed by atoms with Crippen LogP contribution in [0.3, 0.4) is 0 Å². The van der Waals surface area contributed by atoms with Gasteiger partial charge in [0, 0.05) is 24.5 Å². The summed E-state index contributed by atoms with van der Waals surface area (Å²) in [6, 6.07) is 0.524. The van der Waals surface area contributed by atoms with Crippen LogP contribution in [0.15, 0.2) is 10.9 Å². The predicted octanol–water partition coefficient (Wildman–Crippen LogP) is 1.86. The van der Waals surface area contributed by atoms with Gasteiger partial charge in [0.1, 0.15) is 5.69 Å². The Labute approximate surface area is 129 Å². The van der Waals surface area contributed by atoms with E-state index in [1.165, 1.54) is 11.3 Å². The highest BCUT2D eigenvalue weighted by Gasteiger charge is 2.44. The number of aromatic nitrogens is 1. The van der Waals surface area contributed by atoms with Crippen LogP contribution in [-0.4, -0.2) is 65.6 Å². The predicted molar refractivity (Wildman–Crippen MR) is 82.6 cm³/mol. The minimum Gasteiger partial charge on any atom is -0.373 e. The van der Waals surface area contributed by atoms with Gasteiger partial charge in [-0.3, -0.25) is 4.79 Å². The number of likely N-dealkylation sites (tertiary alicyclic amines) is 1. The molecule has 1 aromatic heterocycles. The number of piperidine rings is 1. The lowest BCUT2D eigenvalue weighted by atomic mass is 9.87. The summed E-state index contributed by atoms with van der Waals surface area (Å²) < 4.78 is 6.14. The number of thiazole rings is 1. The molecule has 2 aliphatic rings. The number of carbonyl (C=O) groups is 1. The van der Waals surface area contributed by atoms with Gasteiger partial charge in [-0.05, 0) is 32.9 Å². The van der Waals surface area contributed by atoms with Gasteiger partial charge in [-0.1, -0.05) is 6.92 Å². The Morgan fingerprint density at radius 2 is 2.33 bits per heavy atom. The van der Waals surface area contributed by atoms with Gasteiger partial charge in [-0.2, -0.15) is 0 Å². The second-order valence-corrected chi connectivity index (χ2v) is 6.81. The van der Waals surface area contributed by atoms with E-state index in [-0.39, 0.29) is 11.5 Å². The molecule has 2 aliphatic heterocycles. The summed E-state index contributed by atoms with van der Waals surface area (Å²) in [5.74, 6) is 0.0614. The molecular weight excluding hydrogens is 286 g/mol. The van der Waals surface area contributed by atoms with Crippen molar-refractivity contribution >= 4 is 17.2 Å². The van der Waals surface area contributed by atoms with Crippen molar-refractivity contribution < 1.29 is 9.53 Å². The Morgan fingerprint density at radius 3 is 2.95 bits per heavy atom. The molecule has 0 N–H and O–H groups in total. The first-order chi connectivity index (χ1) is 10.1. The van der Waals surface area contributed by atoms with Gasteiger partial charge in [0.25, 0.3) is 5.91 Å². The van der Waals surface area contributed by atoms with Crippen molar-refractivity contribution in [3.8, 4) is 0 Å². The van der Waals surface area contributed by atoms with Gasteiger partial charge in [0.2, 0.25) is 0 Å². The molecule has 0 aliphatic carbocycles. The van der Waals surface area contributed by atoms with Crippen molar-refractivity contribution in [3.63, 3.8) is 0 Å². The first kappa shape index (κ1) is 14.9. The van der Waals surface area contributed by atoms with Crippen LogP contribution in [0.2, 0.25) is 0 Å². The standard InChI is InChI=1S/C15H23N3O2S/c1-3-17(2)12-8-15(20-9-12)4-6-18(7-5-15)14(19)13-10-21-11-16-13/h10-12H,3-9H2,1-2H3. The highest BCUT2D eigenvalue weighted by Crippen LogP contribution is 2.37. The van der Waals surface area contributed by atoms with Gasteiger partial charge < -0.3 is 14.5 Å². The van der Waals surface area contributed by atoms with Gasteiger partial charge >= 0.3 is 0 Å². The molecule has 3 rings (SSSR count). The van der Waals surface area contributed by atoms with E-state index in [0.717, 1.165) is 45.5 Å². The van der Waals surface area contributed by atoms with Crippen molar-refractivity contribution in [1.29, 1.82) is 0 Å². The van der Waals surface area contributed by atoms with Gasteiger partial charge in [-0.15, -0.1) is 11.3 Å². The normalized spacial score (nSPS) is 24.9. The van der Waals surface area contributed by atoms with Gasteiger partial charge in [0.05, 0.1) is 17.7 Å². The molecule has 1 spiro atoms. The van der Waals surface area contributed by atoms with Crippen molar-refractivity contribution in [3.05, 3.63) is 16.6 Å². The maximum absolute atomic E-state index is 12.3.